The van der Waals surface area contributed by atoms with Gasteiger partial charge in [-0.1, -0.05) is 44.2 Å². The molecular weight excluding hydrogens is 400 g/mol. The smallest absolute Gasteiger partial charge is 0.407 e. The lowest BCUT2D eigenvalue weighted by Crippen LogP contribution is -2.51. The number of ether oxygens (including phenoxy) is 2. The van der Waals surface area contributed by atoms with E-state index in [0.29, 0.717) is 38.5 Å². The lowest BCUT2D eigenvalue weighted by atomic mass is 10.0. The van der Waals surface area contributed by atoms with E-state index in [2.05, 4.69) is 10.6 Å². The van der Waals surface area contributed by atoms with E-state index in [9.17, 15) is 17.8 Å². The minimum absolute atomic E-state index is 0.113. The van der Waals surface area contributed by atoms with Crippen molar-refractivity contribution in [3.63, 3.8) is 0 Å². The van der Waals surface area contributed by atoms with Crippen LogP contribution in [0.25, 0.3) is 0 Å². The molecular formula is C19H30N2O7S. The van der Waals surface area contributed by atoms with Crippen LogP contribution in [0.2, 0.25) is 0 Å². The van der Waals surface area contributed by atoms with E-state index in [0.717, 1.165) is 5.56 Å². The molecule has 1 aromatic carbocycles. The van der Waals surface area contributed by atoms with E-state index in [4.69, 9.17) is 13.7 Å². The number of hydrogen-bond donors (Lipinski definition) is 3. The van der Waals surface area contributed by atoms with Crippen molar-refractivity contribution in [2.45, 2.75) is 44.9 Å². The van der Waals surface area contributed by atoms with E-state index >= 15 is 0 Å². The predicted octanol–water partition coefficient (Wildman–Crippen LogP) is 1.55. The molecule has 1 fully saturated rings. The summed E-state index contributed by atoms with van der Waals surface area (Å²) in [6.45, 7) is 5.60. The number of hydrogen-bond acceptors (Lipinski definition) is 7. The van der Waals surface area contributed by atoms with Crippen LogP contribution < -0.4 is 10.6 Å². The minimum atomic E-state index is -4.72. The van der Waals surface area contributed by atoms with Gasteiger partial charge < -0.3 is 20.1 Å². The highest BCUT2D eigenvalue weighted by Gasteiger charge is 2.30. The molecule has 1 aromatic rings. The van der Waals surface area contributed by atoms with E-state index < -0.39 is 28.6 Å². The quantitative estimate of drug-likeness (QED) is 0.452. The van der Waals surface area contributed by atoms with Crippen molar-refractivity contribution in [2.75, 3.05) is 26.3 Å². The fraction of sp³-hybridized carbons (Fsp3) is 0.632. The van der Waals surface area contributed by atoms with Gasteiger partial charge in [0.2, 0.25) is 0 Å². The van der Waals surface area contributed by atoms with Crippen LogP contribution in [0, 0.1) is 5.92 Å². The number of benzene rings is 1. The third-order valence-corrected chi connectivity index (χ3v) is 4.85. The molecule has 29 heavy (non-hydrogen) atoms. The Morgan fingerprint density at radius 2 is 2.00 bits per heavy atom. The summed E-state index contributed by atoms with van der Waals surface area (Å²) in [5, 5.41) is 5.80. The van der Waals surface area contributed by atoms with E-state index in [1.807, 2.05) is 44.2 Å². The van der Waals surface area contributed by atoms with Gasteiger partial charge in [-0.3, -0.25) is 4.55 Å². The Labute approximate surface area is 172 Å². The van der Waals surface area contributed by atoms with Crippen LogP contribution in [0.1, 0.15) is 25.8 Å². The molecule has 0 spiro atoms. The van der Waals surface area contributed by atoms with Gasteiger partial charge in [0.05, 0.1) is 19.3 Å². The first-order chi connectivity index (χ1) is 13.7. The lowest BCUT2D eigenvalue weighted by Gasteiger charge is -2.27. The fourth-order valence-corrected chi connectivity index (χ4v) is 3.51. The molecule has 3 N–H and O–H groups in total. The van der Waals surface area contributed by atoms with Crippen LogP contribution in [0.15, 0.2) is 30.3 Å². The number of alkyl carbamates (subject to hydrolysis) is 1. The standard InChI is InChI=1S/C19H30N2O7S/c1-14(2)11-20-12-18(28-29(23,24)25)17(10-15-6-4-3-5-7-15)21-19(22)27-16-8-9-26-13-16/h3-7,14,16-18,20H,8-13H2,1-2H3,(H,21,22)(H,23,24,25). The van der Waals surface area contributed by atoms with Crippen LogP contribution in [-0.2, 0) is 30.5 Å². The first kappa shape index (κ1) is 23.6. The minimum Gasteiger partial charge on any atom is -0.444 e. The maximum absolute atomic E-state index is 12.4. The average molecular weight is 431 g/mol. The maximum atomic E-state index is 12.4. The van der Waals surface area contributed by atoms with E-state index in [-0.39, 0.29) is 12.6 Å². The summed E-state index contributed by atoms with van der Waals surface area (Å²) in [6, 6.07) is 8.51. The summed E-state index contributed by atoms with van der Waals surface area (Å²) in [5.74, 6) is 0.328. The zero-order valence-corrected chi connectivity index (χ0v) is 17.6. The van der Waals surface area contributed by atoms with Crippen molar-refractivity contribution >= 4 is 16.5 Å². The van der Waals surface area contributed by atoms with Crippen molar-refractivity contribution in [2.24, 2.45) is 5.92 Å². The number of carbonyl (C=O) groups excluding carboxylic acids is 1. The first-order valence-corrected chi connectivity index (χ1v) is 11.0. The van der Waals surface area contributed by atoms with Gasteiger partial charge in [-0.2, -0.15) is 8.42 Å². The summed E-state index contributed by atoms with van der Waals surface area (Å²) >= 11 is 0. The van der Waals surface area contributed by atoms with Gasteiger partial charge in [0.15, 0.2) is 0 Å². The summed E-state index contributed by atoms with van der Waals surface area (Å²) in [5.41, 5.74) is 0.870. The first-order valence-electron chi connectivity index (χ1n) is 9.68. The molecule has 10 heteroatoms. The number of rotatable bonds is 11. The van der Waals surface area contributed by atoms with Crippen LogP contribution >= 0.6 is 0 Å². The van der Waals surface area contributed by atoms with E-state index in [1.54, 1.807) is 0 Å². The van der Waals surface area contributed by atoms with Crippen LogP contribution in [0.3, 0.4) is 0 Å². The highest BCUT2D eigenvalue weighted by molar-refractivity contribution is 7.80. The third kappa shape index (κ3) is 9.55. The topological polar surface area (TPSA) is 123 Å². The maximum Gasteiger partial charge on any atom is 0.407 e. The Morgan fingerprint density at radius 1 is 1.28 bits per heavy atom. The van der Waals surface area contributed by atoms with Gasteiger partial charge in [0.1, 0.15) is 12.2 Å². The monoisotopic (exact) mass is 430 g/mol. The van der Waals surface area contributed by atoms with E-state index in [1.165, 1.54) is 0 Å². The molecule has 1 aliphatic rings. The van der Waals surface area contributed by atoms with Gasteiger partial charge in [0, 0.05) is 13.0 Å². The molecule has 2 rings (SSSR count). The molecule has 1 amide bonds. The fourth-order valence-electron chi connectivity index (χ4n) is 3.00. The zero-order valence-electron chi connectivity index (χ0n) is 16.7. The van der Waals surface area contributed by atoms with Crippen LogP contribution in [0.4, 0.5) is 4.79 Å². The van der Waals surface area contributed by atoms with Gasteiger partial charge in [0.25, 0.3) is 0 Å². The predicted molar refractivity (Wildman–Crippen MR) is 107 cm³/mol. The van der Waals surface area contributed by atoms with Crippen molar-refractivity contribution in [3.8, 4) is 0 Å². The molecule has 0 saturated carbocycles. The summed E-state index contributed by atoms with van der Waals surface area (Å²) in [4.78, 5) is 12.4. The normalized spacial score (nSPS) is 19.1. The Bertz CT molecular complexity index is 721. The second-order valence-corrected chi connectivity index (χ2v) is 8.49. The average Bonchev–Trinajstić information content (AvgIpc) is 3.13. The van der Waals surface area contributed by atoms with Gasteiger partial charge in [-0.25, -0.2) is 8.98 Å². The molecule has 0 aromatic heterocycles. The molecule has 1 aliphatic heterocycles. The molecule has 0 aliphatic carbocycles. The highest BCUT2D eigenvalue weighted by atomic mass is 32.3. The SMILES string of the molecule is CC(C)CNCC(OS(=O)(=O)O)C(Cc1ccccc1)NC(=O)OC1CCOC1. The van der Waals surface area contributed by atoms with Crippen LogP contribution in [-0.4, -0.2) is 63.6 Å². The number of nitrogens with one attached hydrogen (secondary N) is 2. The van der Waals surface area contributed by atoms with Crippen LogP contribution in [0.5, 0.6) is 0 Å². The molecule has 3 atom stereocenters. The Kier molecular flexibility index (Phi) is 9.31. The summed E-state index contributed by atoms with van der Waals surface area (Å²) in [7, 11) is -4.72. The second-order valence-electron chi connectivity index (χ2n) is 7.45. The highest BCUT2D eigenvalue weighted by Crippen LogP contribution is 2.13. The molecule has 0 radical (unpaired) electrons. The molecule has 1 saturated heterocycles. The van der Waals surface area contributed by atoms with Gasteiger partial charge in [-0.05, 0) is 24.4 Å². The van der Waals surface area contributed by atoms with Crippen molar-refractivity contribution < 1.29 is 31.4 Å². The summed E-state index contributed by atoms with van der Waals surface area (Å²) in [6.07, 6.45) is -1.16. The molecule has 1 heterocycles. The number of carbonyl (C=O) groups is 1. The van der Waals surface area contributed by atoms with Crippen molar-refractivity contribution in [1.29, 1.82) is 0 Å². The Hall–Kier alpha value is -1.72. The molecule has 3 unspecified atom stereocenters. The zero-order chi connectivity index (χ0) is 21.3. The molecule has 9 nitrogen and oxygen atoms in total. The second kappa shape index (κ2) is 11.5. The third-order valence-electron chi connectivity index (χ3n) is 4.36. The van der Waals surface area contributed by atoms with Crippen molar-refractivity contribution in [1.82, 2.24) is 10.6 Å². The Balaban J connectivity index is 2.13. The number of amides is 1. The largest absolute Gasteiger partial charge is 0.444 e. The van der Waals surface area contributed by atoms with Crippen molar-refractivity contribution in [3.05, 3.63) is 35.9 Å². The lowest BCUT2D eigenvalue weighted by molar-refractivity contribution is 0.0715. The molecule has 164 valence electrons. The Morgan fingerprint density at radius 3 is 2.59 bits per heavy atom. The molecule has 0 bridgehead atoms. The van der Waals surface area contributed by atoms with Gasteiger partial charge >= 0.3 is 16.5 Å². The summed E-state index contributed by atoms with van der Waals surface area (Å²) < 4.78 is 47.5. The van der Waals surface area contributed by atoms with Gasteiger partial charge in [-0.15, -0.1) is 0 Å².